The van der Waals surface area contributed by atoms with Crippen molar-refractivity contribution in [3.8, 4) is 5.75 Å². The monoisotopic (exact) mass is 295 g/mol. The summed E-state index contributed by atoms with van der Waals surface area (Å²) >= 11 is 3.38. The highest BCUT2D eigenvalue weighted by atomic mass is 79.9. The van der Waals surface area contributed by atoms with Crippen molar-refractivity contribution in [2.24, 2.45) is 0 Å². The van der Waals surface area contributed by atoms with Gasteiger partial charge in [0.15, 0.2) is 0 Å². The third-order valence-electron chi connectivity index (χ3n) is 2.47. The van der Waals surface area contributed by atoms with Crippen LogP contribution in [0, 0.1) is 0 Å². The smallest absolute Gasteiger partial charge is 0.148 e. The molecule has 2 rings (SSSR count). The zero-order chi connectivity index (χ0) is 12.3. The number of aromatic nitrogens is 2. The SMILES string of the molecule is CCn1c(N)cnc1COc1ccc(Br)cc1. The van der Waals surface area contributed by atoms with Gasteiger partial charge in [0.05, 0.1) is 6.20 Å². The van der Waals surface area contributed by atoms with Crippen LogP contribution in [0.5, 0.6) is 5.75 Å². The fourth-order valence-corrected chi connectivity index (χ4v) is 1.85. The van der Waals surface area contributed by atoms with Crippen LogP contribution in [0.4, 0.5) is 5.82 Å². The number of ether oxygens (including phenoxy) is 1. The van der Waals surface area contributed by atoms with Crippen LogP contribution < -0.4 is 10.5 Å². The number of rotatable bonds is 4. The number of hydrogen-bond donors (Lipinski definition) is 1. The second kappa shape index (κ2) is 5.23. The zero-order valence-electron chi connectivity index (χ0n) is 9.56. The molecule has 0 aliphatic carbocycles. The predicted octanol–water partition coefficient (Wildman–Crippen LogP) is 2.83. The maximum atomic E-state index is 5.78. The molecule has 0 unspecified atom stereocenters. The molecule has 0 amide bonds. The maximum absolute atomic E-state index is 5.78. The van der Waals surface area contributed by atoms with Crippen molar-refractivity contribution in [3.63, 3.8) is 0 Å². The number of hydrogen-bond acceptors (Lipinski definition) is 3. The average molecular weight is 296 g/mol. The summed E-state index contributed by atoms with van der Waals surface area (Å²) in [5.41, 5.74) is 5.78. The molecule has 0 aliphatic rings. The molecule has 2 N–H and O–H groups in total. The Kier molecular flexibility index (Phi) is 3.68. The molecule has 5 heteroatoms. The standard InChI is InChI=1S/C12H14BrN3O/c1-2-16-11(14)7-15-12(16)8-17-10-5-3-9(13)4-6-10/h3-7H,2,8,14H2,1H3. The lowest BCUT2D eigenvalue weighted by molar-refractivity contribution is 0.290. The summed E-state index contributed by atoms with van der Waals surface area (Å²) in [6.07, 6.45) is 1.66. The van der Waals surface area contributed by atoms with Crippen LogP contribution >= 0.6 is 15.9 Å². The molecular weight excluding hydrogens is 282 g/mol. The van der Waals surface area contributed by atoms with Gasteiger partial charge in [-0.05, 0) is 31.2 Å². The minimum absolute atomic E-state index is 0.423. The molecule has 1 heterocycles. The Hall–Kier alpha value is -1.49. The predicted molar refractivity (Wildman–Crippen MR) is 70.8 cm³/mol. The van der Waals surface area contributed by atoms with Gasteiger partial charge >= 0.3 is 0 Å². The summed E-state index contributed by atoms with van der Waals surface area (Å²) in [6, 6.07) is 7.70. The van der Waals surface area contributed by atoms with Crippen LogP contribution in [0.2, 0.25) is 0 Å². The van der Waals surface area contributed by atoms with Crippen molar-refractivity contribution in [1.82, 2.24) is 9.55 Å². The van der Waals surface area contributed by atoms with Gasteiger partial charge in [-0.1, -0.05) is 15.9 Å². The van der Waals surface area contributed by atoms with E-state index < -0.39 is 0 Å². The van der Waals surface area contributed by atoms with E-state index >= 15 is 0 Å². The number of imidazole rings is 1. The maximum Gasteiger partial charge on any atom is 0.148 e. The van der Waals surface area contributed by atoms with Gasteiger partial charge in [-0.3, -0.25) is 0 Å². The Morgan fingerprint density at radius 3 is 2.71 bits per heavy atom. The molecule has 1 aromatic heterocycles. The molecular formula is C12H14BrN3O. The largest absolute Gasteiger partial charge is 0.486 e. The van der Waals surface area contributed by atoms with Gasteiger partial charge in [-0.15, -0.1) is 0 Å². The van der Waals surface area contributed by atoms with Gasteiger partial charge in [-0.2, -0.15) is 0 Å². The highest BCUT2D eigenvalue weighted by Crippen LogP contribution is 2.17. The molecule has 2 aromatic rings. The van der Waals surface area contributed by atoms with Crippen molar-refractivity contribution in [1.29, 1.82) is 0 Å². The van der Waals surface area contributed by atoms with E-state index in [1.54, 1.807) is 6.20 Å². The Labute approximate surface area is 109 Å². The molecule has 0 fully saturated rings. The molecule has 0 bridgehead atoms. The molecule has 17 heavy (non-hydrogen) atoms. The van der Waals surface area contributed by atoms with Crippen LogP contribution in [0.3, 0.4) is 0 Å². The normalized spacial score (nSPS) is 10.5. The summed E-state index contributed by atoms with van der Waals surface area (Å²) in [6.45, 7) is 3.25. The molecule has 0 atom stereocenters. The van der Waals surface area contributed by atoms with Crippen LogP contribution in [0.15, 0.2) is 34.9 Å². The molecule has 0 saturated heterocycles. The summed E-state index contributed by atoms with van der Waals surface area (Å²) in [7, 11) is 0. The summed E-state index contributed by atoms with van der Waals surface area (Å²) in [4.78, 5) is 4.22. The summed E-state index contributed by atoms with van der Waals surface area (Å²) in [5, 5.41) is 0. The zero-order valence-corrected chi connectivity index (χ0v) is 11.1. The number of nitrogens with two attached hydrogens (primary N) is 1. The molecule has 0 aliphatic heterocycles. The van der Waals surface area contributed by atoms with E-state index in [1.165, 1.54) is 0 Å². The number of nitrogen functional groups attached to an aromatic ring is 1. The van der Waals surface area contributed by atoms with Gasteiger partial charge in [0.2, 0.25) is 0 Å². The van der Waals surface area contributed by atoms with Crippen LogP contribution in [-0.4, -0.2) is 9.55 Å². The quantitative estimate of drug-likeness (QED) is 0.944. The van der Waals surface area contributed by atoms with Gasteiger partial charge in [0.25, 0.3) is 0 Å². The molecule has 0 saturated carbocycles. The number of halogens is 1. The first-order chi connectivity index (χ1) is 8.20. The van der Waals surface area contributed by atoms with E-state index in [0.717, 1.165) is 22.6 Å². The van der Waals surface area contributed by atoms with E-state index in [4.69, 9.17) is 10.5 Å². The van der Waals surface area contributed by atoms with Crippen molar-refractivity contribution in [2.45, 2.75) is 20.1 Å². The Morgan fingerprint density at radius 1 is 1.35 bits per heavy atom. The van der Waals surface area contributed by atoms with E-state index in [1.807, 2.05) is 35.8 Å². The van der Waals surface area contributed by atoms with Gasteiger partial charge in [-0.25, -0.2) is 4.98 Å². The van der Waals surface area contributed by atoms with Crippen LogP contribution in [0.25, 0.3) is 0 Å². The number of nitrogens with zero attached hydrogens (tertiary/aromatic N) is 2. The van der Waals surface area contributed by atoms with Crippen molar-refractivity contribution >= 4 is 21.7 Å². The van der Waals surface area contributed by atoms with E-state index in [9.17, 15) is 0 Å². The Morgan fingerprint density at radius 2 is 2.06 bits per heavy atom. The van der Waals surface area contributed by atoms with E-state index in [0.29, 0.717) is 12.4 Å². The Balaban J connectivity index is 2.04. The lowest BCUT2D eigenvalue weighted by Crippen LogP contribution is -2.08. The molecule has 1 aromatic carbocycles. The van der Waals surface area contributed by atoms with Gasteiger partial charge in [0, 0.05) is 11.0 Å². The summed E-state index contributed by atoms with van der Waals surface area (Å²) in [5.74, 6) is 2.33. The lowest BCUT2D eigenvalue weighted by Gasteiger charge is -2.08. The molecule has 0 spiro atoms. The number of anilines is 1. The molecule has 0 radical (unpaired) electrons. The van der Waals surface area contributed by atoms with Gasteiger partial charge < -0.3 is 15.0 Å². The number of benzene rings is 1. The third kappa shape index (κ3) is 2.79. The third-order valence-corrected chi connectivity index (χ3v) is 3.00. The highest BCUT2D eigenvalue weighted by molar-refractivity contribution is 9.10. The van der Waals surface area contributed by atoms with Crippen LogP contribution in [-0.2, 0) is 13.2 Å². The minimum Gasteiger partial charge on any atom is -0.486 e. The first-order valence-electron chi connectivity index (χ1n) is 5.39. The van der Waals surface area contributed by atoms with Crippen LogP contribution in [0.1, 0.15) is 12.7 Å². The van der Waals surface area contributed by atoms with E-state index in [2.05, 4.69) is 20.9 Å². The van der Waals surface area contributed by atoms with Crippen molar-refractivity contribution < 1.29 is 4.74 Å². The molecule has 4 nitrogen and oxygen atoms in total. The lowest BCUT2D eigenvalue weighted by atomic mass is 10.3. The fourth-order valence-electron chi connectivity index (χ4n) is 1.59. The second-order valence-electron chi connectivity index (χ2n) is 3.59. The first-order valence-corrected chi connectivity index (χ1v) is 6.18. The van der Waals surface area contributed by atoms with Crippen molar-refractivity contribution in [3.05, 3.63) is 40.8 Å². The topological polar surface area (TPSA) is 53.1 Å². The average Bonchev–Trinajstić information content (AvgIpc) is 2.69. The highest BCUT2D eigenvalue weighted by Gasteiger charge is 2.06. The van der Waals surface area contributed by atoms with E-state index in [-0.39, 0.29) is 0 Å². The van der Waals surface area contributed by atoms with Gasteiger partial charge in [0.1, 0.15) is 24.0 Å². The minimum atomic E-state index is 0.423. The first kappa shape index (κ1) is 12.0. The fraction of sp³-hybridized carbons (Fsp3) is 0.250. The molecule has 90 valence electrons. The summed E-state index contributed by atoms with van der Waals surface area (Å²) < 4.78 is 8.60. The Bertz CT molecular complexity index is 493. The second-order valence-corrected chi connectivity index (χ2v) is 4.50. The van der Waals surface area contributed by atoms with Crippen molar-refractivity contribution in [2.75, 3.05) is 5.73 Å².